The molecule has 9 aromatic carbocycles. The minimum Gasteiger partial charge on any atom is -0.103 e. The standard InChI is InChI=1S/C60H51S2Si2/c1-2-53(63(54-27-12-4-13-28-54,55-29-14-5-15-30-55)56-31-16-6-17-32-56)39-24-48-62(51-25-10-3-11-26-51)52-44-40-49(41-45-52)61-50-42-46-60(47-43-50)64(57-33-18-7-19-34-57,58-35-20-8-21-36-58)59-37-22-9-23-38-59/h2-38,40-48,53H,1,39H2/q+1/b48-24+. The van der Waals surface area contributed by atoms with Gasteiger partial charge in [-0.25, -0.2) is 0 Å². The summed E-state index contributed by atoms with van der Waals surface area (Å²) in [5.74, 6) is 0. The molecule has 0 aliphatic heterocycles. The van der Waals surface area contributed by atoms with E-state index in [1.807, 2.05) is 11.8 Å². The van der Waals surface area contributed by atoms with Gasteiger partial charge in [-0.15, -0.1) is 6.58 Å². The van der Waals surface area contributed by atoms with Crippen LogP contribution in [-0.4, -0.2) is 16.1 Å². The van der Waals surface area contributed by atoms with Crippen LogP contribution in [0.1, 0.15) is 6.42 Å². The molecule has 2 atom stereocenters. The summed E-state index contributed by atoms with van der Waals surface area (Å²) in [5.41, 5.74) is 0.225. The zero-order chi connectivity index (χ0) is 43.4. The van der Waals surface area contributed by atoms with Gasteiger partial charge < -0.3 is 0 Å². The molecule has 0 aliphatic carbocycles. The van der Waals surface area contributed by atoms with Crippen molar-refractivity contribution >= 4 is 75.1 Å². The second kappa shape index (κ2) is 20.4. The van der Waals surface area contributed by atoms with E-state index in [0.29, 0.717) is 0 Å². The number of hydrogen-bond acceptors (Lipinski definition) is 1. The molecule has 0 amide bonds. The highest BCUT2D eigenvalue weighted by Gasteiger charge is 2.45. The predicted molar refractivity (Wildman–Crippen MR) is 283 cm³/mol. The third kappa shape index (κ3) is 8.75. The maximum Gasteiger partial charge on any atom is 0.179 e. The molecule has 0 N–H and O–H groups in total. The fraction of sp³-hybridized carbons (Fsp3) is 0.0333. The minimum atomic E-state index is -2.57. The zero-order valence-electron chi connectivity index (χ0n) is 35.9. The van der Waals surface area contributed by atoms with E-state index in [4.69, 9.17) is 0 Å². The lowest BCUT2D eigenvalue weighted by Crippen LogP contribution is -2.74. The van der Waals surface area contributed by atoms with Gasteiger partial charge in [-0.05, 0) is 103 Å². The van der Waals surface area contributed by atoms with Gasteiger partial charge in [-0.3, -0.25) is 0 Å². The molecule has 9 rings (SSSR count). The van der Waals surface area contributed by atoms with E-state index in [1.165, 1.54) is 55.9 Å². The molecule has 0 spiro atoms. The highest BCUT2D eigenvalue weighted by molar-refractivity contribution is 8.00. The lowest BCUT2D eigenvalue weighted by Gasteiger charge is -2.39. The Hall–Kier alpha value is -6.41. The molecule has 4 heteroatoms. The molecule has 0 bridgehead atoms. The molecule has 0 aromatic heterocycles. The van der Waals surface area contributed by atoms with Crippen molar-refractivity contribution in [3.05, 3.63) is 285 Å². The fourth-order valence-electron chi connectivity index (χ4n) is 9.48. The van der Waals surface area contributed by atoms with Gasteiger partial charge in [0.2, 0.25) is 0 Å². The molecule has 0 heterocycles. The van der Waals surface area contributed by atoms with Gasteiger partial charge in [0.15, 0.2) is 25.9 Å². The Bertz CT molecular complexity index is 2660. The van der Waals surface area contributed by atoms with Crippen LogP contribution in [0.3, 0.4) is 0 Å². The monoisotopic (exact) mass is 891 g/mol. The van der Waals surface area contributed by atoms with Gasteiger partial charge in [0.25, 0.3) is 0 Å². The molecule has 310 valence electrons. The molecule has 0 fully saturated rings. The quantitative estimate of drug-likeness (QED) is 0.0403. The summed E-state index contributed by atoms with van der Waals surface area (Å²) >= 11 is 1.83. The van der Waals surface area contributed by atoms with Crippen LogP contribution in [0, 0.1) is 0 Å². The average Bonchev–Trinajstić information content (AvgIpc) is 3.38. The van der Waals surface area contributed by atoms with Crippen LogP contribution in [0.2, 0.25) is 5.54 Å². The summed E-state index contributed by atoms with van der Waals surface area (Å²) in [6.07, 6.45) is 5.56. The number of rotatable bonds is 16. The first-order chi connectivity index (χ1) is 31.7. The molecule has 9 aromatic rings. The van der Waals surface area contributed by atoms with Crippen molar-refractivity contribution in [2.45, 2.75) is 31.5 Å². The Balaban J connectivity index is 1.01. The van der Waals surface area contributed by atoms with Gasteiger partial charge in [0.1, 0.15) is 5.41 Å². The van der Waals surface area contributed by atoms with E-state index in [1.54, 1.807) is 0 Å². The minimum absolute atomic E-state index is 0.225. The first-order valence-electron chi connectivity index (χ1n) is 22.0. The van der Waals surface area contributed by atoms with Crippen molar-refractivity contribution in [2.24, 2.45) is 0 Å². The molecule has 0 saturated heterocycles. The van der Waals surface area contributed by atoms with Crippen molar-refractivity contribution in [1.29, 1.82) is 0 Å². The van der Waals surface area contributed by atoms with Crippen LogP contribution in [-0.2, 0) is 10.9 Å². The number of hydrogen-bond donors (Lipinski definition) is 0. The van der Waals surface area contributed by atoms with E-state index in [2.05, 4.69) is 285 Å². The third-order valence-electron chi connectivity index (χ3n) is 12.4. The molecular formula is C60H51S2Si2+. The lowest BCUT2D eigenvalue weighted by molar-refractivity contribution is 1.02. The number of allylic oxidation sites excluding steroid dienone is 2. The van der Waals surface area contributed by atoms with Crippen LogP contribution in [0.25, 0.3) is 0 Å². The van der Waals surface area contributed by atoms with Crippen LogP contribution < -0.4 is 36.3 Å². The van der Waals surface area contributed by atoms with Gasteiger partial charge in [-0.1, -0.05) is 230 Å². The Morgan fingerprint density at radius 3 is 1.06 bits per heavy atom. The van der Waals surface area contributed by atoms with E-state index >= 15 is 0 Å². The summed E-state index contributed by atoms with van der Waals surface area (Å²) in [6, 6.07) is 96.6. The zero-order valence-corrected chi connectivity index (χ0v) is 39.5. The second-order valence-corrected chi connectivity index (χ2v) is 26.9. The molecule has 2 unspecified atom stereocenters. The smallest absolute Gasteiger partial charge is 0.103 e. The van der Waals surface area contributed by atoms with Gasteiger partial charge in [0, 0.05) is 9.79 Å². The molecule has 0 radical (unpaired) electrons. The van der Waals surface area contributed by atoms with Crippen LogP contribution in [0.5, 0.6) is 0 Å². The maximum atomic E-state index is 4.52. The van der Waals surface area contributed by atoms with Crippen molar-refractivity contribution in [3.8, 4) is 0 Å². The van der Waals surface area contributed by atoms with Crippen LogP contribution in [0.4, 0.5) is 0 Å². The van der Waals surface area contributed by atoms with Crippen LogP contribution >= 0.6 is 11.8 Å². The average molecular weight is 892 g/mol. The fourth-order valence-corrected chi connectivity index (χ4v) is 22.1. The Morgan fingerprint density at radius 2 is 0.688 bits per heavy atom. The van der Waals surface area contributed by atoms with E-state index in [-0.39, 0.29) is 16.4 Å². The number of benzene rings is 9. The van der Waals surface area contributed by atoms with E-state index in [9.17, 15) is 0 Å². The predicted octanol–water partition coefficient (Wildman–Crippen LogP) is 10.9. The van der Waals surface area contributed by atoms with E-state index in [0.717, 1.165) is 6.42 Å². The van der Waals surface area contributed by atoms with E-state index < -0.39 is 16.1 Å². The second-order valence-electron chi connectivity index (χ2n) is 16.0. The Labute approximate surface area is 389 Å². The molecular weight excluding hydrogens is 841 g/mol. The third-order valence-corrected chi connectivity index (χ3v) is 25.5. The highest BCUT2D eigenvalue weighted by atomic mass is 32.2. The Kier molecular flexibility index (Phi) is 13.7. The first kappa shape index (κ1) is 42.9. The summed E-state index contributed by atoms with van der Waals surface area (Å²) in [4.78, 5) is 5.07. The van der Waals surface area contributed by atoms with Crippen molar-refractivity contribution in [2.75, 3.05) is 0 Å². The van der Waals surface area contributed by atoms with Crippen molar-refractivity contribution in [3.63, 3.8) is 0 Å². The summed E-state index contributed by atoms with van der Waals surface area (Å²) in [6.45, 7) is 4.52. The summed E-state index contributed by atoms with van der Waals surface area (Å²) in [7, 11) is -5.39. The summed E-state index contributed by atoms with van der Waals surface area (Å²) < 4.78 is 0. The highest BCUT2D eigenvalue weighted by Crippen LogP contribution is 2.33. The van der Waals surface area contributed by atoms with Crippen molar-refractivity contribution in [1.82, 2.24) is 0 Å². The molecule has 0 nitrogen and oxygen atoms in total. The van der Waals surface area contributed by atoms with Gasteiger partial charge >= 0.3 is 0 Å². The normalized spacial score (nSPS) is 12.7. The molecule has 64 heavy (non-hydrogen) atoms. The van der Waals surface area contributed by atoms with Crippen LogP contribution in [0.15, 0.2) is 305 Å². The Morgan fingerprint density at radius 1 is 0.375 bits per heavy atom. The summed E-state index contributed by atoms with van der Waals surface area (Å²) in [5, 5.41) is 12.2. The van der Waals surface area contributed by atoms with Gasteiger partial charge in [0.05, 0.1) is 10.9 Å². The van der Waals surface area contributed by atoms with Gasteiger partial charge in [-0.2, -0.15) is 0 Å². The lowest BCUT2D eigenvalue weighted by atomic mass is 10.3. The molecule has 0 saturated carbocycles. The largest absolute Gasteiger partial charge is 0.179 e. The first-order valence-corrected chi connectivity index (χ1v) is 28.2. The maximum absolute atomic E-state index is 4.52. The molecule has 0 aliphatic rings. The SMILES string of the molecule is C=CC(C/C=C/[S+](c1ccccc1)c1ccc(Sc2ccc([Si](c3ccccc3)(c3ccccc3)c3ccccc3)cc2)cc1)[Si](c1ccccc1)(c1ccccc1)c1ccccc1. The van der Waals surface area contributed by atoms with Crippen molar-refractivity contribution < 1.29 is 0 Å². The topological polar surface area (TPSA) is 0 Å².